The summed E-state index contributed by atoms with van der Waals surface area (Å²) >= 11 is 0. The molecule has 1 aliphatic rings. The summed E-state index contributed by atoms with van der Waals surface area (Å²) in [5, 5.41) is 8.86. The summed E-state index contributed by atoms with van der Waals surface area (Å²) in [6.45, 7) is 5.63. The van der Waals surface area contributed by atoms with Crippen LogP contribution in [0.15, 0.2) is 60.7 Å². The van der Waals surface area contributed by atoms with Gasteiger partial charge in [0.1, 0.15) is 6.04 Å². The molecule has 0 spiro atoms. The van der Waals surface area contributed by atoms with Crippen molar-refractivity contribution in [2.45, 2.75) is 38.8 Å². The van der Waals surface area contributed by atoms with Crippen molar-refractivity contribution < 1.29 is 14.4 Å². The van der Waals surface area contributed by atoms with Crippen LogP contribution >= 0.6 is 0 Å². The Hall–Kier alpha value is -3.19. The number of anilines is 1. The van der Waals surface area contributed by atoms with Gasteiger partial charge in [-0.25, -0.2) is 0 Å². The minimum atomic E-state index is -0.600. The normalized spacial score (nSPS) is 15.7. The van der Waals surface area contributed by atoms with Crippen LogP contribution in [0.5, 0.6) is 0 Å². The monoisotopic (exact) mass is 436 g/mol. The third-order valence-electron chi connectivity index (χ3n) is 5.63. The Balaban J connectivity index is 1.45. The van der Waals surface area contributed by atoms with Gasteiger partial charge in [-0.3, -0.25) is 19.3 Å². The van der Waals surface area contributed by atoms with E-state index in [-0.39, 0.29) is 29.7 Å². The maximum atomic E-state index is 12.9. The maximum absolute atomic E-state index is 12.9. The molecular weight excluding hydrogens is 404 g/mol. The van der Waals surface area contributed by atoms with Gasteiger partial charge in [0, 0.05) is 30.4 Å². The fourth-order valence-corrected chi connectivity index (χ4v) is 3.80. The van der Waals surface area contributed by atoms with Crippen molar-refractivity contribution in [2.75, 3.05) is 25.0 Å². The highest BCUT2D eigenvalue weighted by atomic mass is 16.2. The van der Waals surface area contributed by atoms with Crippen LogP contribution < -0.4 is 16.0 Å². The molecule has 0 aliphatic carbocycles. The SMILES string of the molecule is CC(C)C(NC(=O)c1ccccc1)C(=O)NC1CCN(CC(=O)Nc2ccccc2)CC1. The minimum Gasteiger partial charge on any atom is -0.351 e. The number of hydrogen-bond donors (Lipinski definition) is 3. The molecule has 7 heteroatoms. The molecule has 7 nitrogen and oxygen atoms in total. The molecular formula is C25H32N4O3. The van der Waals surface area contributed by atoms with E-state index >= 15 is 0 Å². The Labute approximate surface area is 189 Å². The molecule has 32 heavy (non-hydrogen) atoms. The number of para-hydroxylation sites is 1. The number of likely N-dealkylation sites (tertiary alicyclic amines) is 1. The van der Waals surface area contributed by atoms with Gasteiger partial charge in [0.15, 0.2) is 0 Å². The minimum absolute atomic E-state index is 0.0332. The molecule has 1 aliphatic heterocycles. The summed E-state index contributed by atoms with van der Waals surface area (Å²) in [5.74, 6) is -0.491. The van der Waals surface area contributed by atoms with E-state index < -0.39 is 6.04 Å². The van der Waals surface area contributed by atoms with E-state index in [2.05, 4.69) is 20.9 Å². The molecule has 2 aromatic rings. The van der Waals surface area contributed by atoms with Crippen molar-refractivity contribution in [1.29, 1.82) is 0 Å². The van der Waals surface area contributed by atoms with Crippen molar-refractivity contribution in [3.8, 4) is 0 Å². The van der Waals surface area contributed by atoms with Crippen LogP contribution in [0.2, 0.25) is 0 Å². The fourth-order valence-electron chi connectivity index (χ4n) is 3.80. The van der Waals surface area contributed by atoms with Crippen molar-refractivity contribution in [2.24, 2.45) is 5.92 Å². The van der Waals surface area contributed by atoms with Gasteiger partial charge in [0.2, 0.25) is 11.8 Å². The number of rotatable bonds is 8. The number of hydrogen-bond acceptors (Lipinski definition) is 4. The molecule has 0 radical (unpaired) electrons. The summed E-state index contributed by atoms with van der Waals surface area (Å²) in [6.07, 6.45) is 1.53. The van der Waals surface area contributed by atoms with Crippen molar-refractivity contribution in [3.63, 3.8) is 0 Å². The molecule has 1 heterocycles. The van der Waals surface area contributed by atoms with E-state index in [0.717, 1.165) is 31.6 Å². The first-order valence-corrected chi connectivity index (χ1v) is 11.2. The van der Waals surface area contributed by atoms with Crippen LogP contribution in [0.4, 0.5) is 5.69 Å². The predicted octanol–water partition coefficient (Wildman–Crippen LogP) is 2.66. The topological polar surface area (TPSA) is 90.5 Å². The van der Waals surface area contributed by atoms with E-state index in [1.165, 1.54) is 0 Å². The van der Waals surface area contributed by atoms with Crippen molar-refractivity contribution in [1.82, 2.24) is 15.5 Å². The number of nitrogens with one attached hydrogen (secondary N) is 3. The smallest absolute Gasteiger partial charge is 0.251 e. The lowest BCUT2D eigenvalue weighted by atomic mass is 10.00. The second kappa shape index (κ2) is 11.4. The molecule has 2 aromatic carbocycles. The Kier molecular flexibility index (Phi) is 8.39. The molecule has 1 saturated heterocycles. The molecule has 3 N–H and O–H groups in total. The fraction of sp³-hybridized carbons (Fsp3) is 0.400. The third-order valence-corrected chi connectivity index (χ3v) is 5.63. The Bertz CT molecular complexity index is 894. The first-order chi connectivity index (χ1) is 15.4. The highest BCUT2D eigenvalue weighted by molar-refractivity contribution is 5.97. The summed E-state index contributed by atoms with van der Waals surface area (Å²) in [4.78, 5) is 39.7. The number of carbonyl (C=O) groups is 3. The number of amides is 3. The largest absolute Gasteiger partial charge is 0.351 e. The number of nitrogens with zero attached hydrogens (tertiary/aromatic N) is 1. The van der Waals surface area contributed by atoms with Gasteiger partial charge in [0.05, 0.1) is 6.54 Å². The molecule has 1 fully saturated rings. The Morgan fingerprint density at radius 2 is 1.53 bits per heavy atom. The van der Waals surface area contributed by atoms with Crippen molar-refractivity contribution >= 4 is 23.4 Å². The molecule has 1 unspecified atom stereocenters. The summed E-state index contributed by atoms with van der Waals surface area (Å²) in [7, 11) is 0. The highest BCUT2D eigenvalue weighted by Gasteiger charge is 2.28. The quantitative estimate of drug-likeness (QED) is 0.593. The molecule has 3 rings (SSSR count). The summed E-state index contributed by atoms with van der Waals surface area (Å²) in [6, 6.07) is 17.7. The van der Waals surface area contributed by atoms with Gasteiger partial charge >= 0.3 is 0 Å². The predicted molar refractivity (Wildman–Crippen MR) is 125 cm³/mol. The first-order valence-electron chi connectivity index (χ1n) is 11.2. The van der Waals surface area contributed by atoms with Crippen LogP contribution in [0.25, 0.3) is 0 Å². The van der Waals surface area contributed by atoms with Crippen LogP contribution in [-0.2, 0) is 9.59 Å². The van der Waals surface area contributed by atoms with Gasteiger partial charge < -0.3 is 16.0 Å². The zero-order chi connectivity index (χ0) is 22.9. The summed E-state index contributed by atoms with van der Waals surface area (Å²) in [5.41, 5.74) is 1.32. The Morgan fingerprint density at radius 3 is 2.12 bits per heavy atom. The third kappa shape index (κ3) is 6.92. The van der Waals surface area contributed by atoms with Crippen LogP contribution in [0, 0.1) is 5.92 Å². The van der Waals surface area contributed by atoms with Crippen molar-refractivity contribution in [3.05, 3.63) is 66.2 Å². The number of piperidine rings is 1. The second-order valence-corrected chi connectivity index (χ2v) is 8.53. The van der Waals surface area contributed by atoms with E-state index in [9.17, 15) is 14.4 Å². The maximum Gasteiger partial charge on any atom is 0.251 e. The second-order valence-electron chi connectivity index (χ2n) is 8.53. The molecule has 0 saturated carbocycles. The molecule has 0 bridgehead atoms. The average molecular weight is 437 g/mol. The van der Waals surface area contributed by atoms with Crippen LogP contribution in [-0.4, -0.2) is 54.3 Å². The highest BCUT2D eigenvalue weighted by Crippen LogP contribution is 2.13. The Morgan fingerprint density at radius 1 is 0.938 bits per heavy atom. The van der Waals surface area contributed by atoms with Crippen LogP contribution in [0.3, 0.4) is 0 Å². The van der Waals surface area contributed by atoms with E-state index in [1.807, 2.05) is 50.2 Å². The first kappa shape index (κ1) is 23.5. The molecule has 170 valence electrons. The van der Waals surface area contributed by atoms with Gasteiger partial charge in [-0.15, -0.1) is 0 Å². The van der Waals surface area contributed by atoms with Gasteiger partial charge in [-0.1, -0.05) is 50.2 Å². The molecule has 0 aromatic heterocycles. The standard InChI is InChI=1S/C25H32N4O3/c1-18(2)23(28-24(31)19-9-5-3-6-10-19)25(32)27-21-13-15-29(16-14-21)17-22(30)26-20-11-7-4-8-12-20/h3-12,18,21,23H,13-17H2,1-2H3,(H,26,30)(H,27,32)(H,28,31). The lowest BCUT2D eigenvalue weighted by molar-refractivity contribution is -0.125. The molecule has 3 amide bonds. The zero-order valence-corrected chi connectivity index (χ0v) is 18.7. The zero-order valence-electron chi connectivity index (χ0n) is 18.7. The lowest BCUT2D eigenvalue weighted by Crippen LogP contribution is -2.54. The number of benzene rings is 2. The lowest BCUT2D eigenvalue weighted by Gasteiger charge is -2.33. The van der Waals surface area contributed by atoms with Gasteiger partial charge in [-0.05, 0) is 43.0 Å². The van der Waals surface area contributed by atoms with Gasteiger partial charge in [0.25, 0.3) is 5.91 Å². The van der Waals surface area contributed by atoms with E-state index in [4.69, 9.17) is 0 Å². The van der Waals surface area contributed by atoms with E-state index in [0.29, 0.717) is 12.1 Å². The number of carbonyl (C=O) groups excluding carboxylic acids is 3. The van der Waals surface area contributed by atoms with Crippen LogP contribution in [0.1, 0.15) is 37.0 Å². The molecule has 1 atom stereocenters. The summed E-state index contributed by atoms with van der Waals surface area (Å²) < 4.78 is 0. The van der Waals surface area contributed by atoms with Gasteiger partial charge in [-0.2, -0.15) is 0 Å². The van der Waals surface area contributed by atoms with E-state index in [1.54, 1.807) is 24.3 Å². The average Bonchev–Trinajstić information content (AvgIpc) is 2.79.